The van der Waals surface area contributed by atoms with Crippen molar-refractivity contribution in [3.8, 4) is 0 Å². The molecule has 1 fully saturated rings. The van der Waals surface area contributed by atoms with Gasteiger partial charge in [0, 0.05) is 6.42 Å². The molecule has 0 amide bonds. The lowest BCUT2D eigenvalue weighted by molar-refractivity contribution is -0.124. The summed E-state index contributed by atoms with van der Waals surface area (Å²) in [5, 5.41) is 10.4. The lowest BCUT2D eigenvalue weighted by atomic mass is 9.85. The fourth-order valence-electron chi connectivity index (χ4n) is 2.80. The van der Waals surface area contributed by atoms with Gasteiger partial charge >= 0.3 is 0 Å². The summed E-state index contributed by atoms with van der Waals surface area (Å²) in [7, 11) is 0. The molecule has 0 aliphatic heterocycles. The normalized spacial score (nSPS) is 26.2. The molecular formula is C15H20O2. The molecular weight excluding hydrogens is 212 g/mol. The molecule has 17 heavy (non-hydrogen) atoms. The van der Waals surface area contributed by atoms with Crippen molar-refractivity contribution in [2.24, 2.45) is 11.8 Å². The van der Waals surface area contributed by atoms with Gasteiger partial charge in [-0.15, -0.1) is 0 Å². The van der Waals surface area contributed by atoms with E-state index >= 15 is 0 Å². The van der Waals surface area contributed by atoms with Crippen molar-refractivity contribution < 1.29 is 9.90 Å². The molecule has 1 N–H and O–H groups in total. The Balaban J connectivity index is 2.21. The first kappa shape index (κ1) is 12.3. The number of hydrogen-bond donors (Lipinski definition) is 1. The highest BCUT2D eigenvalue weighted by atomic mass is 16.3. The van der Waals surface area contributed by atoms with Crippen LogP contribution in [0.1, 0.15) is 43.4 Å². The average Bonchev–Trinajstić information content (AvgIpc) is 2.70. The fraction of sp³-hybridized carbons (Fsp3) is 0.533. The summed E-state index contributed by atoms with van der Waals surface area (Å²) >= 11 is 0. The molecule has 2 rings (SSSR count). The van der Waals surface area contributed by atoms with Crippen molar-refractivity contribution in [2.75, 3.05) is 0 Å². The van der Waals surface area contributed by atoms with Gasteiger partial charge in [-0.05, 0) is 24.8 Å². The van der Waals surface area contributed by atoms with Crippen LogP contribution in [0.3, 0.4) is 0 Å². The smallest absolute Gasteiger partial charge is 0.139 e. The monoisotopic (exact) mass is 232 g/mol. The maximum atomic E-state index is 11.9. The van der Waals surface area contributed by atoms with Gasteiger partial charge in [-0.25, -0.2) is 0 Å². The second-order valence-corrected chi connectivity index (χ2v) is 5.05. The Morgan fingerprint density at radius 2 is 2.00 bits per heavy atom. The minimum atomic E-state index is -0.629. The minimum absolute atomic E-state index is 0.192. The molecule has 0 bridgehead atoms. The first-order valence-electron chi connectivity index (χ1n) is 6.40. The largest absolute Gasteiger partial charge is 0.388 e. The number of hydrogen-bond acceptors (Lipinski definition) is 2. The van der Waals surface area contributed by atoms with E-state index in [4.69, 9.17) is 0 Å². The van der Waals surface area contributed by atoms with Gasteiger partial charge in [0.15, 0.2) is 0 Å². The summed E-state index contributed by atoms with van der Waals surface area (Å²) in [6.07, 6.45) is 1.91. The van der Waals surface area contributed by atoms with Crippen LogP contribution < -0.4 is 0 Å². The molecule has 0 unspecified atom stereocenters. The molecule has 3 atom stereocenters. The molecule has 1 aromatic rings. The fourth-order valence-corrected chi connectivity index (χ4v) is 2.80. The lowest BCUT2D eigenvalue weighted by Crippen LogP contribution is -2.22. The highest BCUT2D eigenvalue weighted by molar-refractivity contribution is 5.84. The Morgan fingerprint density at radius 3 is 2.59 bits per heavy atom. The zero-order valence-electron chi connectivity index (χ0n) is 10.5. The van der Waals surface area contributed by atoms with Gasteiger partial charge in [0.05, 0.1) is 12.0 Å². The van der Waals surface area contributed by atoms with Crippen LogP contribution in [-0.2, 0) is 4.79 Å². The van der Waals surface area contributed by atoms with Gasteiger partial charge in [-0.2, -0.15) is 0 Å². The standard InChI is InChI=1S/C15H20O2/c1-3-11-8-9-13(16)14(11)15(17)12-6-4-10(2)5-7-12/h4-7,11,14-15,17H,3,8-9H2,1-2H3/t11-,14+,15+/m0/s1. The minimum Gasteiger partial charge on any atom is -0.388 e. The Bertz CT molecular complexity index is 394. The zero-order valence-corrected chi connectivity index (χ0v) is 10.5. The number of Topliss-reactive ketones (excluding diaryl/α,β-unsaturated/α-hetero) is 1. The maximum Gasteiger partial charge on any atom is 0.139 e. The highest BCUT2D eigenvalue weighted by Gasteiger charge is 2.38. The number of carbonyl (C=O) groups is 1. The van der Waals surface area contributed by atoms with Gasteiger partial charge in [0.25, 0.3) is 0 Å². The molecule has 1 aliphatic carbocycles. The van der Waals surface area contributed by atoms with Gasteiger partial charge in [-0.1, -0.05) is 43.2 Å². The van der Waals surface area contributed by atoms with Crippen molar-refractivity contribution in [3.05, 3.63) is 35.4 Å². The molecule has 1 saturated carbocycles. The van der Waals surface area contributed by atoms with E-state index in [-0.39, 0.29) is 11.7 Å². The van der Waals surface area contributed by atoms with E-state index < -0.39 is 6.10 Å². The van der Waals surface area contributed by atoms with Crippen molar-refractivity contribution in [2.45, 2.75) is 39.2 Å². The molecule has 0 radical (unpaired) electrons. The third-order valence-corrected chi connectivity index (χ3v) is 3.92. The van der Waals surface area contributed by atoms with Crippen LogP contribution in [0.15, 0.2) is 24.3 Å². The van der Waals surface area contributed by atoms with E-state index in [9.17, 15) is 9.90 Å². The van der Waals surface area contributed by atoms with Crippen molar-refractivity contribution >= 4 is 5.78 Å². The van der Waals surface area contributed by atoms with Crippen LogP contribution in [0, 0.1) is 18.8 Å². The van der Waals surface area contributed by atoms with Gasteiger partial charge < -0.3 is 5.11 Å². The molecule has 0 spiro atoms. The van der Waals surface area contributed by atoms with Crippen LogP contribution >= 0.6 is 0 Å². The lowest BCUT2D eigenvalue weighted by Gasteiger charge is -2.23. The Hall–Kier alpha value is -1.15. The number of rotatable bonds is 3. The summed E-state index contributed by atoms with van der Waals surface area (Å²) < 4.78 is 0. The summed E-state index contributed by atoms with van der Waals surface area (Å²) in [4.78, 5) is 11.9. The van der Waals surface area contributed by atoms with Crippen molar-refractivity contribution in [1.29, 1.82) is 0 Å². The van der Waals surface area contributed by atoms with E-state index in [0.29, 0.717) is 12.3 Å². The van der Waals surface area contributed by atoms with E-state index in [0.717, 1.165) is 18.4 Å². The summed E-state index contributed by atoms with van der Waals surface area (Å²) in [5.74, 6) is 0.381. The maximum absolute atomic E-state index is 11.9. The van der Waals surface area contributed by atoms with Gasteiger partial charge in [0.1, 0.15) is 5.78 Å². The third-order valence-electron chi connectivity index (χ3n) is 3.92. The molecule has 0 aromatic heterocycles. The first-order chi connectivity index (χ1) is 8.13. The predicted octanol–water partition coefficient (Wildman–Crippen LogP) is 3.03. The second kappa shape index (κ2) is 5.01. The van der Waals surface area contributed by atoms with Crippen LogP contribution in [0.2, 0.25) is 0 Å². The summed E-state index contributed by atoms with van der Waals surface area (Å²) in [5.41, 5.74) is 2.04. The van der Waals surface area contributed by atoms with Gasteiger partial charge in [-0.3, -0.25) is 4.79 Å². The first-order valence-corrected chi connectivity index (χ1v) is 6.40. The molecule has 1 aromatic carbocycles. The number of benzene rings is 1. The van der Waals surface area contributed by atoms with E-state index in [1.54, 1.807) is 0 Å². The number of aryl methyl sites for hydroxylation is 1. The number of aliphatic hydroxyl groups is 1. The summed E-state index contributed by atoms with van der Waals surface area (Å²) in [6, 6.07) is 7.83. The number of aliphatic hydroxyl groups excluding tert-OH is 1. The van der Waals surface area contributed by atoms with E-state index in [1.165, 1.54) is 5.56 Å². The van der Waals surface area contributed by atoms with Gasteiger partial charge in [0.2, 0.25) is 0 Å². The predicted molar refractivity (Wildman–Crippen MR) is 67.7 cm³/mol. The quantitative estimate of drug-likeness (QED) is 0.869. The van der Waals surface area contributed by atoms with Crippen LogP contribution in [0.5, 0.6) is 0 Å². The van der Waals surface area contributed by atoms with Crippen molar-refractivity contribution in [1.82, 2.24) is 0 Å². The van der Waals surface area contributed by atoms with Crippen LogP contribution in [-0.4, -0.2) is 10.9 Å². The topological polar surface area (TPSA) is 37.3 Å². The molecule has 2 heteroatoms. The number of ketones is 1. The van der Waals surface area contributed by atoms with E-state index in [1.807, 2.05) is 31.2 Å². The molecule has 1 aliphatic rings. The zero-order chi connectivity index (χ0) is 12.4. The average molecular weight is 232 g/mol. The molecule has 92 valence electrons. The summed E-state index contributed by atoms with van der Waals surface area (Å²) in [6.45, 7) is 4.11. The third kappa shape index (κ3) is 2.42. The Labute approximate surface area is 103 Å². The Kier molecular flexibility index (Phi) is 3.63. The van der Waals surface area contributed by atoms with Crippen LogP contribution in [0.4, 0.5) is 0 Å². The van der Waals surface area contributed by atoms with Crippen molar-refractivity contribution in [3.63, 3.8) is 0 Å². The SMILES string of the molecule is CC[C@H]1CCC(=O)[C@@H]1[C@H](O)c1ccc(C)cc1. The van der Waals surface area contributed by atoms with E-state index in [2.05, 4.69) is 6.92 Å². The second-order valence-electron chi connectivity index (χ2n) is 5.05. The Morgan fingerprint density at radius 1 is 1.35 bits per heavy atom. The molecule has 0 saturated heterocycles. The van der Waals surface area contributed by atoms with Crippen LogP contribution in [0.25, 0.3) is 0 Å². The molecule has 2 nitrogen and oxygen atoms in total. The number of carbonyl (C=O) groups excluding carboxylic acids is 1. The highest BCUT2D eigenvalue weighted by Crippen LogP contribution is 2.39. The molecule has 0 heterocycles.